The lowest BCUT2D eigenvalue weighted by molar-refractivity contribution is -0.172. The first-order valence-corrected chi connectivity index (χ1v) is 12.6. The van der Waals surface area contributed by atoms with Crippen molar-refractivity contribution in [3.63, 3.8) is 0 Å². The number of hydrogen-bond donors (Lipinski definition) is 3. The van der Waals surface area contributed by atoms with Gasteiger partial charge in [-0.1, -0.05) is 6.07 Å². The number of ether oxygens (including phenoxy) is 2. The van der Waals surface area contributed by atoms with Crippen molar-refractivity contribution >= 4 is 18.0 Å². The zero-order valence-electron chi connectivity index (χ0n) is 21.9. The van der Waals surface area contributed by atoms with Crippen LogP contribution in [0.25, 0.3) is 0 Å². The number of carbonyl (C=O) groups excluding carboxylic acids is 2. The van der Waals surface area contributed by atoms with Gasteiger partial charge in [-0.05, 0) is 76.1 Å². The maximum atomic E-state index is 13.1. The molecule has 0 radical (unpaired) electrons. The molecule has 1 aliphatic heterocycles. The summed E-state index contributed by atoms with van der Waals surface area (Å²) in [5, 5.41) is 4.83. The monoisotopic (exact) mass is 543 g/mol. The van der Waals surface area contributed by atoms with E-state index in [2.05, 4.69) is 15.1 Å². The van der Waals surface area contributed by atoms with Gasteiger partial charge < -0.3 is 24.5 Å². The number of aliphatic imine (C=N–C) groups is 1. The summed E-state index contributed by atoms with van der Waals surface area (Å²) in [7, 11) is 0. The van der Waals surface area contributed by atoms with Gasteiger partial charge >= 0.3 is 18.2 Å². The molecule has 1 heterocycles. The molecule has 0 saturated heterocycles. The summed E-state index contributed by atoms with van der Waals surface area (Å²) >= 11 is 0. The molecule has 3 rings (SSSR count). The SMILES string of the molecule is CC(C)(C)OC(=O)NC1CCC(N=C(NC(=O)C(F)(F)F)N2CCc3cc(OCCON)ccc3C2)CC1. The van der Waals surface area contributed by atoms with Crippen molar-refractivity contribution in [3.8, 4) is 5.75 Å². The molecule has 0 spiro atoms. The molecule has 1 saturated carbocycles. The van der Waals surface area contributed by atoms with E-state index in [9.17, 15) is 22.8 Å². The number of guanidine groups is 1. The van der Waals surface area contributed by atoms with Crippen molar-refractivity contribution in [1.29, 1.82) is 0 Å². The molecule has 1 aromatic rings. The zero-order chi connectivity index (χ0) is 27.9. The van der Waals surface area contributed by atoms with Crippen LogP contribution in [0.3, 0.4) is 0 Å². The first-order valence-electron chi connectivity index (χ1n) is 12.6. The Kier molecular flexibility index (Phi) is 9.82. The summed E-state index contributed by atoms with van der Waals surface area (Å²) < 4.78 is 50.1. The quantitative estimate of drug-likeness (QED) is 0.218. The minimum Gasteiger partial charge on any atom is -0.491 e. The maximum absolute atomic E-state index is 13.1. The lowest BCUT2D eigenvalue weighted by Crippen LogP contribution is -2.50. The number of alkyl carbamates (subject to hydrolysis) is 1. The maximum Gasteiger partial charge on any atom is 0.471 e. The Morgan fingerprint density at radius 2 is 1.82 bits per heavy atom. The number of nitrogens with two attached hydrogens (primary N) is 1. The van der Waals surface area contributed by atoms with Crippen LogP contribution in [0.4, 0.5) is 18.0 Å². The van der Waals surface area contributed by atoms with Crippen LogP contribution >= 0.6 is 0 Å². The third-order valence-corrected chi connectivity index (χ3v) is 6.16. The van der Waals surface area contributed by atoms with Crippen LogP contribution in [-0.4, -0.2) is 66.5 Å². The van der Waals surface area contributed by atoms with Gasteiger partial charge in [0.05, 0.1) is 6.04 Å². The molecule has 10 nitrogen and oxygen atoms in total. The summed E-state index contributed by atoms with van der Waals surface area (Å²) in [6.07, 6.45) is -2.73. The molecule has 13 heteroatoms. The van der Waals surface area contributed by atoms with E-state index in [0.717, 1.165) is 11.1 Å². The van der Waals surface area contributed by atoms with E-state index in [1.54, 1.807) is 31.7 Å². The molecular formula is C25H36F3N5O5. The molecule has 38 heavy (non-hydrogen) atoms. The third-order valence-electron chi connectivity index (χ3n) is 6.16. The summed E-state index contributed by atoms with van der Waals surface area (Å²) in [6.45, 7) is 6.52. The van der Waals surface area contributed by atoms with Gasteiger partial charge in [-0.15, -0.1) is 0 Å². The van der Waals surface area contributed by atoms with Gasteiger partial charge in [0.1, 0.15) is 24.6 Å². The fraction of sp³-hybridized carbons (Fsp3) is 0.640. The normalized spacial score (nSPS) is 20.4. The number of benzene rings is 1. The topological polar surface area (TPSA) is 128 Å². The molecule has 0 unspecified atom stereocenters. The van der Waals surface area contributed by atoms with Crippen molar-refractivity contribution in [2.45, 2.75) is 83.3 Å². The number of halogens is 3. The highest BCUT2D eigenvalue weighted by molar-refractivity contribution is 5.99. The smallest absolute Gasteiger partial charge is 0.471 e. The number of amides is 2. The highest BCUT2D eigenvalue weighted by Crippen LogP contribution is 2.26. The molecule has 0 aromatic heterocycles. The van der Waals surface area contributed by atoms with Crippen molar-refractivity contribution < 1.29 is 37.1 Å². The first-order chi connectivity index (χ1) is 17.8. The highest BCUT2D eigenvalue weighted by atomic mass is 19.4. The van der Waals surface area contributed by atoms with Crippen molar-refractivity contribution in [3.05, 3.63) is 29.3 Å². The summed E-state index contributed by atoms with van der Waals surface area (Å²) in [6, 6.07) is 5.09. The third kappa shape index (κ3) is 9.05. The van der Waals surface area contributed by atoms with Gasteiger partial charge in [0.2, 0.25) is 5.96 Å². The Labute approximate surface area is 220 Å². The van der Waals surface area contributed by atoms with Crippen LogP contribution in [0.15, 0.2) is 23.2 Å². The van der Waals surface area contributed by atoms with Crippen LogP contribution in [0.2, 0.25) is 0 Å². The number of rotatable bonds is 6. The summed E-state index contributed by atoms with van der Waals surface area (Å²) in [5.41, 5.74) is 1.29. The van der Waals surface area contributed by atoms with Gasteiger partial charge in [-0.2, -0.15) is 13.2 Å². The standard InChI is InChI=1S/C25H36F3N5O5/c1-24(2,3)38-23(35)31-19-7-5-18(6-8-19)30-22(32-21(34)25(26,27)28)33-11-10-16-14-20(36-12-13-37-29)9-4-17(16)15-33/h4,9,14,18-19H,5-8,10-13,15,29H2,1-3H3,(H,31,35)(H,30,32,34). The van der Waals surface area contributed by atoms with Crippen molar-refractivity contribution in [2.24, 2.45) is 10.9 Å². The molecule has 0 atom stereocenters. The highest BCUT2D eigenvalue weighted by Gasteiger charge is 2.40. The molecule has 1 fully saturated rings. The van der Waals surface area contributed by atoms with Crippen molar-refractivity contribution in [1.82, 2.24) is 15.5 Å². The van der Waals surface area contributed by atoms with E-state index in [0.29, 0.717) is 44.4 Å². The van der Waals surface area contributed by atoms with Gasteiger partial charge in [-0.25, -0.2) is 15.7 Å². The predicted molar refractivity (Wildman–Crippen MR) is 133 cm³/mol. The zero-order valence-corrected chi connectivity index (χ0v) is 21.9. The number of alkyl halides is 3. The Morgan fingerprint density at radius 3 is 2.45 bits per heavy atom. The van der Waals surface area contributed by atoms with Crippen molar-refractivity contribution in [2.75, 3.05) is 19.8 Å². The van der Waals surface area contributed by atoms with Crippen LogP contribution in [0.1, 0.15) is 57.6 Å². The Hall–Kier alpha value is -3.06. The lowest BCUT2D eigenvalue weighted by Gasteiger charge is -2.34. The van der Waals surface area contributed by atoms with Gasteiger partial charge in [0, 0.05) is 19.1 Å². The Balaban J connectivity index is 1.67. The molecule has 1 aliphatic carbocycles. The molecule has 212 valence electrons. The van der Waals surface area contributed by atoms with E-state index in [4.69, 9.17) is 15.4 Å². The van der Waals surface area contributed by atoms with Gasteiger partial charge in [-0.3, -0.25) is 10.1 Å². The first kappa shape index (κ1) is 29.5. The van der Waals surface area contributed by atoms with E-state index in [-0.39, 0.29) is 37.8 Å². The number of hydrogen-bond acceptors (Lipinski definition) is 7. The fourth-order valence-electron chi connectivity index (χ4n) is 4.37. The average molecular weight is 544 g/mol. The Morgan fingerprint density at radius 1 is 1.11 bits per heavy atom. The average Bonchev–Trinajstić information content (AvgIpc) is 2.82. The molecular weight excluding hydrogens is 507 g/mol. The fourth-order valence-corrected chi connectivity index (χ4v) is 4.37. The largest absolute Gasteiger partial charge is 0.491 e. The minimum absolute atomic E-state index is 0.0954. The van der Waals surface area contributed by atoms with E-state index in [1.165, 1.54) is 0 Å². The molecule has 2 aliphatic rings. The lowest BCUT2D eigenvalue weighted by atomic mass is 9.91. The van der Waals surface area contributed by atoms with Crippen LogP contribution in [0.5, 0.6) is 5.75 Å². The Bertz CT molecular complexity index is 1000. The van der Waals surface area contributed by atoms with Crippen LogP contribution < -0.4 is 21.3 Å². The summed E-state index contributed by atoms with van der Waals surface area (Å²) in [4.78, 5) is 34.6. The second kappa shape index (κ2) is 12.7. The molecule has 2 amide bonds. The van der Waals surface area contributed by atoms with Crippen LogP contribution in [-0.2, 0) is 27.3 Å². The van der Waals surface area contributed by atoms with Crippen LogP contribution in [0, 0.1) is 0 Å². The summed E-state index contributed by atoms with van der Waals surface area (Å²) in [5.74, 6) is 3.49. The minimum atomic E-state index is -5.04. The number of fused-ring (bicyclic) bond motifs is 1. The molecule has 1 aromatic carbocycles. The van der Waals surface area contributed by atoms with Gasteiger partial charge in [0.25, 0.3) is 0 Å². The number of nitrogens with one attached hydrogen (secondary N) is 2. The van der Waals surface area contributed by atoms with E-state index in [1.807, 2.05) is 17.4 Å². The number of carbonyl (C=O) groups is 2. The van der Waals surface area contributed by atoms with E-state index >= 15 is 0 Å². The molecule has 4 N–H and O–H groups in total. The van der Waals surface area contributed by atoms with Gasteiger partial charge in [0.15, 0.2) is 0 Å². The second-order valence-electron chi connectivity index (χ2n) is 10.4. The molecule has 0 bridgehead atoms. The van der Waals surface area contributed by atoms with E-state index < -0.39 is 23.8 Å². The predicted octanol–water partition coefficient (Wildman–Crippen LogP) is 3.18. The number of nitrogens with zero attached hydrogens (tertiary/aromatic N) is 2. The second-order valence-corrected chi connectivity index (χ2v) is 10.4.